The van der Waals surface area contributed by atoms with E-state index in [0.29, 0.717) is 23.9 Å². The van der Waals surface area contributed by atoms with Gasteiger partial charge in [0.15, 0.2) is 12.4 Å². The Labute approximate surface area is 224 Å². The van der Waals surface area contributed by atoms with Crippen molar-refractivity contribution < 1.29 is 28.9 Å². The second-order valence-electron chi connectivity index (χ2n) is 8.96. The van der Waals surface area contributed by atoms with Crippen molar-refractivity contribution in [2.24, 2.45) is 7.05 Å². The minimum atomic E-state index is -0.855. The summed E-state index contributed by atoms with van der Waals surface area (Å²) >= 11 is 1.52. The molecule has 1 aliphatic heterocycles. The SMILES string of the molecule is CC(=O)O[C@@H](C)C(=O)NCc1ccc([C@@H]2O[C@H](CSc3nnnn3C)C[C@H](c3ccc(CO)cc3)O2)cc1. The van der Waals surface area contributed by atoms with Gasteiger partial charge in [-0.25, -0.2) is 4.68 Å². The van der Waals surface area contributed by atoms with Crippen LogP contribution in [0.15, 0.2) is 53.7 Å². The van der Waals surface area contributed by atoms with E-state index < -0.39 is 18.4 Å². The van der Waals surface area contributed by atoms with Crippen molar-refractivity contribution in [3.05, 3.63) is 70.8 Å². The Bertz CT molecular complexity index is 1220. The lowest BCUT2D eigenvalue weighted by molar-refractivity contribution is -0.245. The first-order valence-electron chi connectivity index (χ1n) is 12.2. The molecule has 4 rings (SSSR count). The molecule has 2 N–H and O–H groups in total. The number of carbonyl (C=O) groups excluding carboxylic acids is 2. The minimum Gasteiger partial charge on any atom is -0.453 e. The molecule has 4 atom stereocenters. The molecule has 0 bridgehead atoms. The highest BCUT2D eigenvalue weighted by molar-refractivity contribution is 7.99. The van der Waals surface area contributed by atoms with E-state index in [4.69, 9.17) is 14.2 Å². The molecule has 0 unspecified atom stereocenters. The van der Waals surface area contributed by atoms with Gasteiger partial charge in [-0.2, -0.15) is 0 Å². The van der Waals surface area contributed by atoms with Crippen molar-refractivity contribution in [3.63, 3.8) is 0 Å². The van der Waals surface area contributed by atoms with E-state index in [1.165, 1.54) is 25.6 Å². The van der Waals surface area contributed by atoms with Gasteiger partial charge in [0, 0.05) is 38.3 Å². The molecule has 0 spiro atoms. The Kier molecular flexibility index (Phi) is 9.45. The molecule has 12 heteroatoms. The van der Waals surface area contributed by atoms with Gasteiger partial charge in [0.2, 0.25) is 5.16 Å². The van der Waals surface area contributed by atoms with Crippen LogP contribution in [-0.2, 0) is 44.0 Å². The molecular formula is C26H31N5O6S. The van der Waals surface area contributed by atoms with Crippen molar-refractivity contribution in [1.82, 2.24) is 25.5 Å². The molecule has 3 aromatic rings. The predicted molar refractivity (Wildman–Crippen MR) is 137 cm³/mol. The number of ether oxygens (including phenoxy) is 3. The molecule has 2 heterocycles. The molecule has 11 nitrogen and oxygen atoms in total. The first kappa shape index (κ1) is 27.7. The van der Waals surface area contributed by atoms with Crippen LogP contribution < -0.4 is 5.32 Å². The van der Waals surface area contributed by atoms with E-state index in [1.807, 2.05) is 48.5 Å². The van der Waals surface area contributed by atoms with E-state index in [1.54, 1.807) is 11.7 Å². The highest BCUT2D eigenvalue weighted by Gasteiger charge is 2.32. The van der Waals surface area contributed by atoms with Gasteiger partial charge in [-0.3, -0.25) is 9.59 Å². The molecule has 1 amide bonds. The minimum absolute atomic E-state index is 0.0159. The quantitative estimate of drug-likeness (QED) is 0.291. The van der Waals surface area contributed by atoms with Crippen molar-refractivity contribution in [2.75, 3.05) is 5.75 Å². The zero-order valence-electron chi connectivity index (χ0n) is 21.4. The number of esters is 1. The second-order valence-corrected chi connectivity index (χ2v) is 9.94. The Morgan fingerprint density at radius 2 is 1.82 bits per heavy atom. The normalized spacial score (nSPS) is 20.1. The van der Waals surface area contributed by atoms with E-state index in [9.17, 15) is 14.7 Å². The van der Waals surface area contributed by atoms with Crippen LogP contribution in [0, 0.1) is 0 Å². The van der Waals surface area contributed by atoms with Crippen LogP contribution in [-0.4, -0.2) is 55.2 Å². The molecule has 1 fully saturated rings. The number of aryl methyl sites for hydroxylation is 1. The maximum Gasteiger partial charge on any atom is 0.303 e. The molecule has 0 aliphatic carbocycles. The lowest BCUT2D eigenvalue weighted by Crippen LogP contribution is -2.35. The Morgan fingerprint density at radius 3 is 2.45 bits per heavy atom. The molecule has 0 saturated carbocycles. The number of carbonyl (C=O) groups is 2. The Balaban J connectivity index is 1.44. The highest BCUT2D eigenvalue weighted by Crippen LogP contribution is 2.39. The zero-order chi connectivity index (χ0) is 27.1. The second kappa shape index (κ2) is 13.0. The molecule has 0 radical (unpaired) electrons. The number of hydrogen-bond acceptors (Lipinski definition) is 10. The number of nitrogens with one attached hydrogen (secondary N) is 1. The van der Waals surface area contributed by atoms with E-state index in [0.717, 1.165) is 22.3 Å². The van der Waals surface area contributed by atoms with E-state index >= 15 is 0 Å². The molecule has 1 aliphatic rings. The van der Waals surface area contributed by atoms with Crippen LogP contribution in [0.1, 0.15) is 54.9 Å². The third-order valence-electron chi connectivity index (χ3n) is 6.03. The van der Waals surface area contributed by atoms with Crippen LogP contribution in [0.2, 0.25) is 0 Å². The first-order valence-corrected chi connectivity index (χ1v) is 13.2. The maximum absolute atomic E-state index is 12.1. The largest absolute Gasteiger partial charge is 0.453 e. The average Bonchev–Trinajstić information content (AvgIpc) is 3.34. The summed E-state index contributed by atoms with van der Waals surface area (Å²) in [5.41, 5.74) is 3.57. The molecular weight excluding hydrogens is 510 g/mol. The lowest BCUT2D eigenvalue weighted by atomic mass is 10.0. The summed E-state index contributed by atoms with van der Waals surface area (Å²) in [5, 5.41) is 24.5. The highest BCUT2D eigenvalue weighted by atomic mass is 32.2. The third kappa shape index (κ3) is 7.38. The van der Waals surface area contributed by atoms with Gasteiger partial charge >= 0.3 is 5.97 Å². The van der Waals surface area contributed by atoms with Crippen LogP contribution in [0.4, 0.5) is 0 Å². The number of amides is 1. The average molecular weight is 542 g/mol. The van der Waals surface area contributed by atoms with E-state index in [2.05, 4.69) is 20.8 Å². The third-order valence-corrected chi connectivity index (χ3v) is 7.17. The topological polar surface area (TPSA) is 138 Å². The van der Waals surface area contributed by atoms with Crippen LogP contribution in [0.3, 0.4) is 0 Å². The Hall–Kier alpha value is -3.32. The number of nitrogens with zero attached hydrogens (tertiary/aromatic N) is 4. The molecule has 38 heavy (non-hydrogen) atoms. The van der Waals surface area contributed by atoms with Crippen LogP contribution in [0.25, 0.3) is 0 Å². The predicted octanol–water partition coefficient (Wildman–Crippen LogP) is 2.61. The van der Waals surface area contributed by atoms with Gasteiger partial charge in [-0.05, 0) is 34.0 Å². The fourth-order valence-corrected chi connectivity index (χ4v) is 4.83. The fourth-order valence-electron chi connectivity index (χ4n) is 3.96. The van der Waals surface area contributed by atoms with Crippen molar-refractivity contribution in [1.29, 1.82) is 0 Å². The molecule has 1 saturated heterocycles. The number of aliphatic hydroxyl groups excluding tert-OH is 1. The fraction of sp³-hybridized carbons (Fsp3) is 0.423. The van der Waals surface area contributed by atoms with Gasteiger partial charge < -0.3 is 24.6 Å². The smallest absolute Gasteiger partial charge is 0.303 e. The summed E-state index contributed by atoms with van der Waals surface area (Å²) in [6.07, 6.45) is -1.13. The Morgan fingerprint density at radius 1 is 1.13 bits per heavy atom. The van der Waals surface area contributed by atoms with Gasteiger partial charge in [-0.15, -0.1) is 5.10 Å². The number of thioether (sulfide) groups is 1. The van der Waals surface area contributed by atoms with E-state index in [-0.39, 0.29) is 24.7 Å². The summed E-state index contributed by atoms with van der Waals surface area (Å²) in [7, 11) is 1.79. The van der Waals surface area contributed by atoms with Crippen LogP contribution in [0.5, 0.6) is 0 Å². The number of aromatic nitrogens is 4. The summed E-state index contributed by atoms with van der Waals surface area (Å²) in [5.74, 6) is -0.224. The lowest BCUT2D eigenvalue weighted by Gasteiger charge is -2.36. The standard InChI is InChI=1S/C26H31N5O6S/c1-16(35-17(2)33)24(34)27-13-18-4-10-21(11-5-18)25-36-22(15-38-26-28-29-30-31(26)3)12-23(37-25)20-8-6-19(14-32)7-9-20/h4-11,16,22-23,25,32H,12-15H2,1-3H3,(H,27,34)/t16-,22-,23+,25+/m0/s1. The van der Waals surface area contributed by atoms with Crippen molar-refractivity contribution >= 4 is 23.6 Å². The van der Waals surface area contributed by atoms with Gasteiger partial charge in [-0.1, -0.05) is 60.3 Å². The summed E-state index contributed by atoms with van der Waals surface area (Å²) in [4.78, 5) is 23.2. The molecule has 1 aromatic heterocycles. The monoisotopic (exact) mass is 541 g/mol. The summed E-state index contributed by atoms with van der Waals surface area (Å²) in [6, 6.07) is 15.3. The van der Waals surface area contributed by atoms with Crippen molar-refractivity contribution in [2.45, 2.75) is 63.2 Å². The maximum atomic E-state index is 12.1. The molecule has 202 valence electrons. The number of tetrazole rings is 1. The van der Waals surface area contributed by atoms with Crippen molar-refractivity contribution in [3.8, 4) is 0 Å². The number of hydrogen-bond donors (Lipinski definition) is 2. The molecule has 2 aromatic carbocycles. The summed E-state index contributed by atoms with van der Waals surface area (Å²) in [6.45, 7) is 3.07. The summed E-state index contributed by atoms with van der Waals surface area (Å²) < 4.78 is 19.2. The van der Waals surface area contributed by atoms with Gasteiger partial charge in [0.1, 0.15) is 0 Å². The zero-order valence-corrected chi connectivity index (χ0v) is 22.3. The van der Waals surface area contributed by atoms with Gasteiger partial charge in [0.05, 0.1) is 18.8 Å². The first-order chi connectivity index (χ1) is 18.3. The van der Waals surface area contributed by atoms with Gasteiger partial charge in [0.25, 0.3) is 5.91 Å². The number of benzene rings is 2. The van der Waals surface area contributed by atoms with Crippen LogP contribution >= 0.6 is 11.8 Å². The number of rotatable bonds is 10. The number of aliphatic hydroxyl groups is 1.